The monoisotopic (exact) mass is 401 g/mol. The molecule has 1 N–H and O–H groups in total. The molecular formula is C26H27NO3. The molecule has 2 aliphatic carbocycles. The van der Waals surface area contributed by atoms with Crippen molar-refractivity contribution >= 4 is 5.97 Å². The molecule has 0 bridgehead atoms. The summed E-state index contributed by atoms with van der Waals surface area (Å²) in [6, 6.07) is 15.1. The topological polar surface area (TPSA) is 49.8 Å². The molecule has 5 rings (SSSR count). The van der Waals surface area contributed by atoms with Gasteiger partial charge in [0.1, 0.15) is 5.75 Å². The molecule has 1 saturated carbocycles. The zero-order valence-corrected chi connectivity index (χ0v) is 17.4. The lowest BCUT2D eigenvalue weighted by Crippen LogP contribution is -2.63. The summed E-state index contributed by atoms with van der Waals surface area (Å²) in [6.45, 7) is 4.86. The van der Waals surface area contributed by atoms with E-state index in [-0.39, 0.29) is 5.92 Å². The lowest BCUT2D eigenvalue weighted by molar-refractivity contribution is -0.150. The predicted molar refractivity (Wildman–Crippen MR) is 116 cm³/mol. The van der Waals surface area contributed by atoms with Crippen LogP contribution in [0.4, 0.5) is 0 Å². The van der Waals surface area contributed by atoms with Gasteiger partial charge >= 0.3 is 5.97 Å². The van der Waals surface area contributed by atoms with E-state index < -0.39 is 5.97 Å². The fraction of sp³-hybridized carbons (Fsp3) is 0.423. The molecular weight excluding hydrogens is 374 g/mol. The van der Waals surface area contributed by atoms with Crippen molar-refractivity contribution in [3.63, 3.8) is 0 Å². The molecule has 4 heteroatoms. The predicted octanol–water partition coefficient (Wildman–Crippen LogP) is 3.75. The molecule has 3 aliphatic rings. The molecule has 2 fully saturated rings. The van der Waals surface area contributed by atoms with Crippen molar-refractivity contribution in [2.75, 3.05) is 19.7 Å². The Morgan fingerprint density at radius 3 is 2.43 bits per heavy atom. The molecule has 154 valence electrons. The SMILES string of the molecule is CCOc1ccc(C#Cc2ccc3c(c2)CC2(C3)CN(C3CC(C(=O)O)C3)C2)cc1. The number of hydrogen-bond donors (Lipinski definition) is 1. The molecule has 2 aromatic rings. The molecule has 0 atom stereocenters. The number of benzene rings is 2. The second-order valence-electron chi connectivity index (χ2n) is 9.11. The Morgan fingerprint density at radius 2 is 1.73 bits per heavy atom. The average molecular weight is 402 g/mol. The molecule has 0 radical (unpaired) electrons. The lowest BCUT2D eigenvalue weighted by Gasteiger charge is -2.55. The van der Waals surface area contributed by atoms with Crippen LogP contribution < -0.4 is 4.74 Å². The van der Waals surface area contributed by atoms with E-state index in [4.69, 9.17) is 9.84 Å². The molecule has 1 heterocycles. The molecule has 4 nitrogen and oxygen atoms in total. The first-order valence-corrected chi connectivity index (χ1v) is 10.9. The van der Waals surface area contributed by atoms with E-state index in [0.717, 1.165) is 55.6 Å². The van der Waals surface area contributed by atoms with E-state index in [1.165, 1.54) is 11.1 Å². The van der Waals surface area contributed by atoms with Gasteiger partial charge in [0.15, 0.2) is 0 Å². The average Bonchev–Trinajstić information content (AvgIpc) is 3.05. The Balaban J connectivity index is 1.20. The number of carboxylic acid groups (broad SMARTS) is 1. The first-order chi connectivity index (χ1) is 14.5. The number of aliphatic carboxylic acids is 1. The van der Waals surface area contributed by atoms with Crippen LogP contribution in [0.1, 0.15) is 42.0 Å². The smallest absolute Gasteiger partial charge is 0.306 e. The summed E-state index contributed by atoms with van der Waals surface area (Å²) in [5.41, 5.74) is 5.31. The highest BCUT2D eigenvalue weighted by atomic mass is 16.5. The first kappa shape index (κ1) is 19.2. The van der Waals surface area contributed by atoms with Gasteiger partial charge in [0, 0.05) is 35.7 Å². The first-order valence-electron chi connectivity index (χ1n) is 10.9. The van der Waals surface area contributed by atoms with Crippen LogP contribution in [0.2, 0.25) is 0 Å². The van der Waals surface area contributed by atoms with Crippen molar-refractivity contribution in [2.45, 2.75) is 38.6 Å². The van der Waals surface area contributed by atoms with Gasteiger partial charge in [0.2, 0.25) is 0 Å². The second-order valence-corrected chi connectivity index (χ2v) is 9.11. The third kappa shape index (κ3) is 3.59. The third-order valence-electron chi connectivity index (χ3n) is 6.91. The zero-order valence-electron chi connectivity index (χ0n) is 17.4. The van der Waals surface area contributed by atoms with Gasteiger partial charge in [-0.1, -0.05) is 17.9 Å². The van der Waals surface area contributed by atoms with Crippen molar-refractivity contribution in [2.24, 2.45) is 11.3 Å². The van der Waals surface area contributed by atoms with Crippen LogP contribution in [-0.4, -0.2) is 41.7 Å². The minimum Gasteiger partial charge on any atom is -0.494 e. The van der Waals surface area contributed by atoms with Crippen LogP contribution in [0.25, 0.3) is 0 Å². The number of fused-ring (bicyclic) bond motifs is 1. The van der Waals surface area contributed by atoms with Gasteiger partial charge in [-0.15, -0.1) is 0 Å². The van der Waals surface area contributed by atoms with Crippen LogP contribution in [0.3, 0.4) is 0 Å². The minimum atomic E-state index is -0.631. The van der Waals surface area contributed by atoms with E-state index >= 15 is 0 Å². The van der Waals surface area contributed by atoms with Crippen LogP contribution >= 0.6 is 0 Å². The molecule has 0 amide bonds. The minimum absolute atomic E-state index is 0.121. The van der Waals surface area contributed by atoms with E-state index in [9.17, 15) is 4.79 Å². The van der Waals surface area contributed by atoms with Crippen LogP contribution in [-0.2, 0) is 17.6 Å². The summed E-state index contributed by atoms with van der Waals surface area (Å²) in [6.07, 6.45) is 3.90. The molecule has 1 spiro atoms. The van der Waals surface area contributed by atoms with Gasteiger partial charge in [-0.25, -0.2) is 0 Å². The highest BCUT2D eigenvalue weighted by Crippen LogP contribution is 2.47. The molecule has 2 aromatic carbocycles. The largest absolute Gasteiger partial charge is 0.494 e. The summed E-state index contributed by atoms with van der Waals surface area (Å²) in [5, 5.41) is 9.09. The molecule has 0 aromatic heterocycles. The maximum absolute atomic E-state index is 11.0. The van der Waals surface area contributed by atoms with Crippen LogP contribution in [0.15, 0.2) is 42.5 Å². The van der Waals surface area contributed by atoms with Crippen molar-refractivity contribution in [1.29, 1.82) is 0 Å². The van der Waals surface area contributed by atoms with Gasteiger partial charge in [0.25, 0.3) is 0 Å². The zero-order chi connectivity index (χ0) is 20.7. The maximum atomic E-state index is 11.0. The Bertz CT molecular complexity index is 1020. The summed E-state index contributed by atoms with van der Waals surface area (Å²) in [7, 11) is 0. The standard InChI is InChI=1S/C26H27NO3/c1-2-30-24-9-6-18(7-10-24)3-4-19-5-8-20-14-26(15-22(20)11-19)16-27(17-26)23-12-21(13-23)25(28)29/h5-11,21,23H,2,12-17H2,1H3,(H,28,29). The second kappa shape index (κ2) is 7.49. The number of rotatable bonds is 4. The highest BCUT2D eigenvalue weighted by Gasteiger charge is 2.51. The van der Waals surface area contributed by atoms with Gasteiger partial charge < -0.3 is 9.84 Å². The Kier molecular flexibility index (Phi) is 4.79. The van der Waals surface area contributed by atoms with Crippen molar-refractivity contribution in [3.8, 4) is 17.6 Å². The lowest BCUT2D eigenvalue weighted by atomic mass is 9.71. The van der Waals surface area contributed by atoms with Crippen molar-refractivity contribution in [3.05, 3.63) is 64.7 Å². The number of nitrogens with zero attached hydrogens (tertiary/aromatic N) is 1. The molecule has 0 unspecified atom stereocenters. The number of likely N-dealkylation sites (tertiary alicyclic amines) is 1. The van der Waals surface area contributed by atoms with Crippen LogP contribution in [0.5, 0.6) is 5.75 Å². The molecule has 30 heavy (non-hydrogen) atoms. The highest BCUT2D eigenvalue weighted by molar-refractivity contribution is 5.71. The van der Waals surface area contributed by atoms with Gasteiger partial charge in [-0.05, 0) is 80.1 Å². The summed E-state index contributed by atoms with van der Waals surface area (Å²) >= 11 is 0. The fourth-order valence-corrected chi connectivity index (χ4v) is 5.24. The summed E-state index contributed by atoms with van der Waals surface area (Å²) in [5.74, 6) is 6.69. The van der Waals surface area contributed by atoms with Gasteiger partial charge in [-0.3, -0.25) is 9.69 Å². The normalized spacial score (nSPS) is 23.6. The quantitative estimate of drug-likeness (QED) is 0.793. The number of carboxylic acids is 1. The van der Waals surface area contributed by atoms with E-state index in [0.29, 0.717) is 18.1 Å². The Morgan fingerprint density at radius 1 is 1.07 bits per heavy atom. The van der Waals surface area contributed by atoms with E-state index in [1.807, 2.05) is 31.2 Å². The fourth-order valence-electron chi connectivity index (χ4n) is 5.24. The number of hydrogen-bond acceptors (Lipinski definition) is 3. The Labute approximate surface area is 177 Å². The van der Waals surface area contributed by atoms with Gasteiger partial charge in [-0.2, -0.15) is 0 Å². The third-order valence-corrected chi connectivity index (χ3v) is 6.91. The number of carbonyl (C=O) groups is 1. The molecule has 1 aliphatic heterocycles. The van der Waals surface area contributed by atoms with Gasteiger partial charge in [0.05, 0.1) is 12.5 Å². The summed E-state index contributed by atoms with van der Waals surface area (Å²) in [4.78, 5) is 13.5. The van der Waals surface area contributed by atoms with E-state index in [2.05, 4.69) is 34.9 Å². The van der Waals surface area contributed by atoms with E-state index in [1.54, 1.807) is 0 Å². The maximum Gasteiger partial charge on any atom is 0.306 e. The molecule has 1 saturated heterocycles. The van der Waals surface area contributed by atoms with Crippen LogP contribution in [0, 0.1) is 23.2 Å². The van der Waals surface area contributed by atoms with Crippen molar-refractivity contribution in [1.82, 2.24) is 4.90 Å². The van der Waals surface area contributed by atoms with Crippen molar-refractivity contribution < 1.29 is 14.6 Å². The Hall–Kier alpha value is -2.77. The number of ether oxygens (including phenoxy) is 1. The summed E-state index contributed by atoms with van der Waals surface area (Å²) < 4.78 is 5.48.